The number of hydrogen-bond donors (Lipinski definition) is 1. The maximum atomic E-state index is 12.8. The predicted octanol–water partition coefficient (Wildman–Crippen LogP) is 1.44. The SMILES string of the molecule is Cc1nc(S(=O)(=O)N2CCC(C(=O)OCC(=O)c3ccc4c(c3)CCC(=O)N4)CC2)cn1C. The molecule has 1 amide bonds. The van der Waals surface area contributed by atoms with Crippen molar-refractivity contribution in [2.45, 2.75) is 37.6 Å². The van der Waals surface area contributed by atoms with E-state index in [4.69, 9.17) is 4.74 Å². The fourth-order valence-corrected chi connectivity index (χ4v) is 5.50. The molecule has 1 aromatic heterocycles. The zero-order valence-corrected chi connectivity index (χ0v) is 19.4. The zero-order chi connectivity index (χ0) is 23.8. The molecule has 11 heteroatoms. The summed E-state index contributed by atoms with van der Waals surface area (Å²) >= 11 is 0. The van der Waals surface area contributed by atoms with Gasteiger partial charge in [0, 0.05) is 44.0 Å². The Labute approximate surface area is 192 Å². The van der Waals surface area contributed by atoms with E-state index in [1.54, 1.807) is 36.7 Å². The van der Waals surface area contributed by atoms with Crippen molar-refractivity contribution in [2.75, 3.05) is 25.0 Å². The normalized spacial score (nSPS) is 17.3. The summed E-state index contributed by atoms with van der Waals surface area (Å²) in [4.78, 5) is 40.5. The number of ether oxygens (including phenoxy) is 1. The maximum absolute atomic E-state index is 12.8. The van der Waals surface area contributed by atoms with Crippen LogP contribution >= 0.6 is 0 Å². The number of nitrogens with one attached hydrogen (secondary N) is 1. The van der Waals surface area contributed by atoms with E-state index in [9.17, 15) is 22.8 Å². The lowest BCUT2D eigenvalue weighted by atomic mass is 9.98. The van der Waals surface area contributed by atoms with E-state index >= 15 is 0 Å². The second-order valence-electron chi connectivity index (χ2n) is 8.37. The molecule has 0 radical (unpaired) electrons. The molecule has 2 aliphatic rings. The third-order valence-electron chi connectivity index (χ3n) is 6.15. The summed E-state index contributed by atoms with van der Waals surface area (Å²) in [5.74, 6) is -0.744. The molecular weight excluding hydrogens is 448 g/mol. The van der Waals surface area contributed by atoms with Gasteiger partial charge in [-0.05, 0) is 49.9 Å². The number of benzene rings is 1. The van der Waals surface area contributed by atoms with E-state index in [2.05, 4.69) is 10.3 Å². The van der Waals surface area contributed by atoms with Gasteiger partial charge in [0.1, 0.15) is 5.82 Å². The number of Topliss-reactive ketones (excluding diaryl/α,β-unsaturated/α-hetero) is 1. The van der Waals surface area contributed by atoms with E-state index in [1.165, 1.54) is 10.5 Å². The van der Waals surface area contributed by atoms with Crippen LogP contribution in [-0.4, -0.2) is 59.6 Å². The quantitative estimate of drug-likeness (QED) is 0.496. The lowest BCUT2D eigenvalue weighted by Crippen LogP contribution is -2.41. The molecule has 0 bridgehead atoms. The van der Waals surface area contributed by atoms with Crippen LogP contribution in [0.3, 0.4) is 0 Å². The minimum atomic E-state index is -3.72. The summed E-state index contributed by atoms with van der Waals surface area (Å²) in [5, 5.41) is 2.76. The van der Waals surface area contributed by atoms with Crippen LogP contribution in [0.25, 0.3) is 0 Å². The van der Waals surface area contributed by atoms with Gasteiger partial charge < -0.3 is 14.6 Å². The number of esters is 1. The van der Waals surface area contributed by atoms with Gasteiger partial charge in [-0.25, -0.2) is 13.4 Å². The molecule has 10 nitrogen and oxygen atoms in total. The molecule has 4 rings (SSSR count). The van der Waals surface area contributed by atoms with E-state index in [0.717, 1.165) is 5.56 Å². The number of carbonyl (C=O) groups excluding carboxylic acids is 3. The van der Waals surface area contributed by atoms with Gasteiger partial charge in [-0.3, -0.25) is 14.4 Å². The number of hydrogen-bond acceptors (Lipinski definition) is 7. The number of ketones is 1. The number of aryl methyl sites for hydroxylation is 3. The van der Waals surface area contributed by atoms with Crippen molar-refractivity contribution in [1.29, 1.82) is 0 Å². The van der Waals surface area contributed by atoms with E-state index < -0.39 is 21.9 Å². The molecule has 1 N–H and O–H groups in total. The van der Waals surface area contributed by atoms with Gasteiger partial charge in [-0.15, -0.1) is 0 Å². The molecule has 2 aliphatic heterocycles. The Bertz CT molecular complexity index is 1190. The molecule has 0 saturated carbocycles. The first-order valence-electron chi connectivity index (χ1n) is 10.8. The highest BCUT2D eigenvalue weighted by molar-refractivity contribution is 7.89. The van der Waals surface area contributed by atoms with Gasteiger partial charge in [-0.2, -0.15) is 4.31 Å². The highest BCUT2D eigenvalue weighted by Gasteiger charge is 2.34. The predicted molar refractivity (Wildman–Crippen MR) is 118 cm³/mol. The second-order valence-corrected chi connectivity index (χ2v) is 10.3. The molecule has 3 heterocycles. The van der Waals surface area contributed by atoms with Crippen LogP contribution in [0, 0.1) is 12.8 Å². The first kappa shape index (κ1) is 23.1. The van der Waals surface area contributed by atoms with E-state index in [1.807, 2.05) is 0 Å². The van der Waals surface area contributed by atoms with Gasteiger partial charge in [0.2, 0.25) is 5.91 Å². The number of rotatable bonds is 6. The molecular formula is C22H26N4O6S. The number of piperidine rings is 1. The molecule has 2 aromatic rings. The number of anilines is 1. The van der Waals surface area contributed by atoms with Crippen LogP contribution in [0.4, 0.5) is 5.69 Å². The number of fused-ring (bicyclic) bond motifs is 1. The molecule has 33 heavy (non-hydrogen) atoms. The van der Waals surface area contributed by atoms with Gasteiger partial charge in [0.05, 0.1) is 5.92 Å². The number of nitrogens with zero attached hydrogens (tertiary/aromatic N) is 3. The average Bonchev–Trinajstić information content (AvgIpc) is 3.16. The highest BCUT2D eigenvalue weighted by atomic mass is 32.2. The minimum Gasteiger partial charge on any atom is -0.457 e. The topological polar surface area (TPSA) is 128 Å². The maximum Gasteiger partial charge on any atom is 0.309 e. The molecule has 0 unspecified atom stereocenters. The summed E-state index contributed by atoms with van der Waals surface area (Å²) in [6.07, 6.45) is 3.04. The van der Waals surface area contributed by atoms with Gasteiger partial charge in [0.15, 0.2) is 17.4 Å². The van der Waals surface area contributed by atoms with E-state index in [-0.39, 0.29) is 36.4 Å². The van der Waals surface area contributed by atoms with Gasteiger partial charge in [-0.1, -0.05) is 0 Å². The summed E-state index contributed by atoms with van der Waals surface area (Å²) in [5.41, 5.74) is 2.00. The molecule has 1 aromatic carbocycles. The lowest BCUT2D eigenvalue weighted by Gasteiger charge is -2.29. The number of amides is 1. The molecule has 176 valence electrons. The second kappa shape index (κ2) is 9.06. The zero-order valence-electron chi connectivity index (χ0n) is 18.5. The first-order chi connectivity index (χ1) is 15.6. The largest absolute Gasteiger partial charge is 0.457 e. The van der Waals surface area contributed by atoms with Crippen molar-refractivity contribution in [3.63, 3.8) is 0 Å². The summed E-state index contributed by atoms with van der Waals surface area (Å²) < 4.78 is 33.8. The van der Waals surface area contributed by atoms with Crippen LogP contribution in [0.5, 0.6) is 0 Å². The minimum absolute atomic E-state index is 0.00117. The monoisotopic (exact) mass is 474 g/mol. The fraction of sp³-hybridized carbons (Fsp3) is 0.455. The Morgan fingerprint density at radius 3 is 2.61 bits per heavy atom. The van der Waals surface area contributed by atoms with Crippen molar-refractivity contribution >= 4 is 33.4 Å². The van der Waals surface area contributed by atoms with Crippen LogP contribution in [0.1, 0.15) is 41.0 Å². The standard InChI is InChI=1S/C22H26N4O6S/c1-14-23-21(12-25(14)2)33(30,31)26-9-7-15(8-10-26)22(29)32-13-19(27)17-3-5-18-16(11-17)4-6-20(28)24-18/h3,5,11-12,15H,4,6-10,13H2,1-2H3,(H,24,28). The van der Waals surface area contributed by atoms with Crippen LogP contribution in [0.2, 0.25) is 0 Å². The van der Waals surface area contributed by atoms with E-state index in [0.29, 0.717) is 42.8 Å². The third-order valence-corrected chi connectivity index (χ3v) is 7.92. The number of aromatic nitrogens is 2. The highest BCUT2D eigenvalue weighted by Crippen LogP contribution is 2.26. The number of imidazole rings is 1. The molecule has 1 saturated heterocycles. The molecule has 1 fully saturated rings. The molecule has 0 aliphatic carbocycles. The summed E-state index contributed by atoms with van der Waals surface area (Å²) in [6, 6.07) is 5.00. The Hall–Kier alpha value is -3.05. The van der Waals surface area contributed by atoms with Gasteiger partial charge >= 0.3 is 5.97 Å². The smallest absolute Gasteiger partial charge is 0.309 e. The molecule has 0 spiro atoms. The Balaban J connectivity index is 1.30. The van der Waals surface area contributed by atoms with Crippen molar-refractivity contribution in [3.05, 3.63) is 41.3 Å². The Morgan fingerprint density at radius 1 is 1.21 bits per heavy atom. The van der Waals surface area contributed by atoms with Crippen LogP contribution in [0.15, 0.2) is 29.4 Å². The summed E-state index contributed by atoms with van der Waals surface area (Å²) in [6.45, 7) is 1.71. The molecule has 0 atom stereocenters. The Morgan fingerprint density at radius 2 is 1.94 bits per heavy atom. The number of carbonyl (C=O) groups is 3. The average molecular weight is 475 g/mol. The van der Waals surface area contributed by atoms with Crippen molar-refractivity contribution in [2.24, 2.45) is 13.0 Å². The van der Waals surface area contributed by atoms with Crippen molar-refractivity contribution in [1.82, 2.24) is 13.9 Å². The van der Waals surface area contributed by atoms with Crippen LogP contribution < -0.4 is 5.32 Å². The fourth-order valence-electron chi connectivity index (χ4n) is 4.01. The van der Waals surface area contributed by atoms with Gasteiger partial charge in [0.25, 0.3) is 10.0 Å². The number of sulfonamides is 1. The Kier molecular flexibility index (Phi) is 6.35. The first-order valence-corrected chi connectivity index (χ1v) is 12.2. The van der Waals surface area contributed by atoms with Crippen molar-refractivity contribution in [3.8, 4) is 0 Å². The lowest BCUT2D eigenvalue weighted by molar-refractivity contribution is -0.148. The van der Waals surface area contributed by atoms with Crippen LogP contribution in [-0.2, 0) is 37.8 Å². The summed E-state index contributed by atoms with van der Waals surface area (Å²) in [7, 11) is -1.99. The van der Waals surface area contributed by atoms with Crippen molar-refractivity contribution < 1.29 is 27.5 Å². The third kappa shape index (κ3) is 4.83.